The largest absolute Gasteiger partial charge is 0.329 e. The Labute approximate surface area is 125 Å². The van der Waals surface area contributed by atoms with Gasteiger partial charge in [-0.2, -0.15) is 0 Å². The highest BCUT2D eigenvalue weighted by Crippen LogP contribution is 2.49. The fraction of sp³-hybridized carbons (Fsp3) is 1.00. The van der Waals surface area contributed by atoms with E-state index in [9.17, 15) is 0 Å². The van der Waals surface area contributed by atoms with Crippen LogP contribution in [0, 0.1) is 17.8 Å². The lowest BCUT2D eigenvalue weighted by molar-refractivity contribution is 0.0339. The second-order valence-electron chi connectivity index (χ2n) is 7.87. The predicted octanol–water partition coefficient (Wildman–Crippen LogP) is 3.80. The van der Waals surface area contributed by atoms with Crippen LogP contribution in [0.2, 0.25) is 0 Å². The summed E-state index contributed by atoms with van der Waals surface area (Å²) in [6.07, 6.45) is 14.3. The van der Waals surface area contributed by atoms with Crippen molar-refractivity contribution in [3.05, 3.63) is 0 Å². The highest BCUT2D eigenvalue weighted by molar-refractivity contribution is 4.98. The van der Waals surface area contributed by atoms with Crippen molar-refractivity contribution in [2.45, 2.75) is 76.7 Å². The molecule has 0 heterocycles. The van der Waals surface area contributed by atoms with Crippen LogP contribution in [0.1, 0.15) is 71.1 Å². The van der Waals surface area contributed by atoms with Gasteiger partial charge in [-0.1, -0.05) is 32.6 Å². The fourth-order valence-corrected chi connectivity index (χ4v) is 5.53. The summed E-state index contributed by atoms with van der Waals surface area (Å²) in [5, 5.41) is 0. The molecule has 2 nitrogen and oxygen atoms in total. The van der Waals surface area contributed by atoms with Gasteiger partial charge in [0.1, 0.15) is 0 Å². The van der Waals surface area contributed by atoms with Gasteiger partial charge >= 0.3 is 0 Å². The van der Waals surface area contributed by atoms with Crippen molar-refractivity contribution in [1.82, 2.24) is 4.90 Å². The zero-order valence-corrected chi connectivity index (χ0v) is 13.4. The Morgan fingerprint density at radius 2 is 1.90 bits per heavy atom. The van der Waals surface area contributed by atoms with E-state index in [1.54, 1.807) is 6.42 Å². The molecule has 0 spiro atoms. The predicted molar refractivity (Wildman–Crippen MR) is 85.7 cm³/mol. The number of hydrogen-bond donors (Lipinski definition) is 1. The molecular weight excluding hydrogens is 244 g/mol. The maximum Gasteiger partial charge on any atom is 0.0331 e. The van der Waals surface area contributed by atoms with Gasteiger partial charge in [0.05, 0.1) is 0 Å². The smallest absolute Gasteiger partial charge is 0.0331 e. The summed E-state index contributed by atoms with van der Waals surface area (Å²) in [5.41, 5.74) is 6.64. The molecule has 0 radical (unpaired) electrons. The quantitative estimate of drug-likeness (QED) is 0.801. The van der Waals surface area contributed by atoms with Gasteiger partial charge in [-0.25, -0.2) is 0 Å². The number of hydrogen-bond acceptors (Lipinski definition) is 2. The van der Waals surface area contributed by atoms with E-state index in [0.717, 1.165) is 24.3 Å². The summed E-state index contributed by atoms with van der Waals surface area (Å²) in [4.78, 5) is 2.84. The molecule has 3 aliphatic carbocycles. The van der Waals surface area contributed by atoms with Gasteiger partial charge in [-0.15, -0.1) is 0 Å². The number of nitrogens with zero attached hydrogens (tertiary/aromatic N) is 1. The molecule has 3 fully saturated rings. The molecule has 3 aliphatic rings. The lowest BCUT2D eigenvalue weighted by atomic mass is 9.78. The van der Waals surface area contributed by atoms with Crippen LogP contribution >= 0.6 is 0 Å². The molecule has 2 heteroatoms. The first-order chi connectivity index (χ1) is 9.77. The molecule has 3 atom stereocenters. The van der Waals surface area contributed by atoms with E-state index in [0.29, 0.717) is 5.54 Å². The molecule has 3 unspecified atom stereocenters. The average molecular weight is 278 g/mol. The molecule has 3 saturated carbocycles. The molecule has 2 N–H and O–H groups in total. The van der Waals surface area contributed by atoms with E-state index in [2.05, 4.69) is 11.8 Å². The van der Waals surface area contributed by atoms with Gasteiger partial charge in [0, 0.05) is 18.6 Å². The highest BCUT2D eigenvalue weighted by atomic mass is 15.2. The minimum atomic E-state index is 0.357. The normalized spacial score (nSPS) is 35.9. The lowest BCUT2D eigenvalue weighted by Crippen LogP contribution is -2.56. The van der Waals surface area contributed by atoms with Crippen LogP contribution < -0.4 is 5.73 Å². The van der Waals surface area contributed by atoms with Crippen molar-refractivity contribution in [2.24, 2.45) is 23.5 Å². The Balaban J connectivity index is 1.67. The number of fused-ring (bicyclic) bond motifs is 2. The summed E-state index contributed by atoms with van der Waals surface area (Å²) < 4.78 is 0. The van der Waals surface area contributed by atoms with Crippen LogP contribution in [0.15, 0.2) is 0 Å². The Morgan fingerprint density at radius 1 is 1.10 bits per heavy atom. The monoisotopic (exact) mass is 278 g/mol. The minimum Gasteiger partial charge on any atom is -0.329 e. The Hall–Kier alpha value is -0.0800. The molecule has 0 aromatic carbocycles. The Morgan fingerprint density at radius 3 is 2.45 bits per heavy atom. The van der Waals surface area contributed by atoms with Crippen molar-refractivity contribution < 1.29 is 0 Å². The van der Waals surface area contributed by atoms with Crippen LogP contribution in [0.5, 0.6) is 0 Å². The molecule has 116 valence electrons. The molecule has 0 amide bonds. The van der Waals surface area contributed by atoms with Gasteiger partial charge in [-0.05, 0) is 62.8 Å². The van der Waals surface area contributed by atoms with Crippen molar-refractivity contribution in [1.29, 1.82) is 0 Å². The Bertz CT molecular complexity index is 309. The number of rotatable bonds is 6. The lowest BCUT2D eigenvalue weighted by Gasteiger charge is -2.48. The maximum atomic E-state index is 6.28. The summed E-state index contributed by atoms with van der Waals surface area (Å²) in [5.74, 6) is 3.12. The second kappa shape index (κ2) is 6.36. The van der Waals surface area contributed by atoms with Crippen molar-refractivity contribution in [2.75, 3.05) is 19.6 Å². The van der Waals surface area contributed by atoms with Gasteiger partial charge in [-0.3, -0.25) is 4.90 Å². The number of nitrogens with two attached hydrogens (primary N) is 1. The first-order valence-electron chi connectivity index (χ1n) is 9.22. The third kappa shape index (κ3) is 2.78. The first-order valence-corrected chi connectivity index (χ1v) is 9.22. The summed E-state index contributed by atoms with van der Waals surface area (Å²) in [7, 11) is 0. The fourth-order valence-electron chi connectivity index (χ4n) is 5.53. The summed E-state index contributed by atoms with van der Waals surface area (Å²) >= 11 is 0. The van der Waals surface area contributed by atoms with E-state index in [4.69, 9.17) is 5.73 Å². The van der Waals surface area contributed by atoms with E-state index >= 15 is 0 Å². The summed E-state index contributed by atoms with van der Waals surface area (Å²) in [6.45, 7) is 5.84. The molecule has 2 bridgehead atoms. The second-order valence-corrected chi connectivity index (χ2v) is 7.87. The van der Waals surface area contributed by atoms with Gasteiger partial charge in [0.15, 0.2) is 0 Å². The van der Waals surface area contributed by atoms with Gasteiger partial charge in [0.2, 0.25) is 0 Å². The molecule has 20 heavy (non-hydrogen) atoms. The van der Waals surface area contributed by atoms with Crippen LogP contribution in [0.3, 0.4) is 0 Å². The minimum absolute atomic E-state index is 0.357. The van der Waals surface area contributed by atoms with Crippen molar-refractivity contribution in [3.8, 4) is 0 Å². The van der Waals surface area contributed by atoms with Gasteiger partial charge in [0.25, 0.3) is 0 Å². The van der Waals surface area contributed by atoms with Crippen LogP contribution in [-0.2, 0) is 0 Å². The molecule has 3 rings (SSSR count). The molecular formula is C18H34N2. The SMILES string of the molecule is CCCN(CC1CC2CCC1C2)C1(CN)CCCCC1. The van der Waals surface area contributed by atoms with E-state index in [1.807, 2.05) is 0 Å². The Kier molecular flexibility index (Phi) is 4.72. The maximum absolute atomic E-state index is 6.28. The van der Waals surface area contributed by atoms with Crippen LogP contribution in [0.25, 0.3) is 0 Å². The van der Waals surface area contributed by atoms with Crippen molar-refractivity contribution in [3.63, 3.8) is 0 Å². The highest BCUT2D eigenvalue weighted by Gasteiger charge is 2.43. The van der Waals surface area contributed by atoms with E-state index < -0.39 is 0 Å². The zero-order chi connectivity index (χ0) is 14.0. The molecule has 0 aromatic heterocycles. The average Bonchev–Trinajstić information content (AvgIpc) is 3.10. The first kappa shape index (κ1) is 14.8. The van der Waals surface area contributed by atoms with Crippen LogP contribution in [0.4, 0.5) is 0 Å². The third-order valence-electron chi connectivity index (χ3n) is 6.67. The van der Waals surface area contributed by atoms with Crippen molar-refractivity contribution >= 4 is 0 Å². The third-order valence-corrected chi connectivity index (χ3v) is 6.67. The standard InChI is InChI=1S/C18H34N2/c1-2-10-20(18(14-19)8-4-3-5-9-18)13-17-12-15-6-7-16(17)11-15/h15-17H,2-14,19H2,1H3. The van der Waals surface area contributed by atoms with E-state index in [-0.39, 0.29) is 0 Å². The molecule has 0 aromatic rings. The van der Waals surface area contributed by atoms with Gasteiger partial charge < -0.3 is 5.73 Å². The topological polar surface area (TPSA) is 29.3 Å². The van der Waals surface area contributed by atoms with Crippen LogP contribution in [-0.4, -0.2) is 30.1 Å². The van der Waals surface area contributed by atoms with E-state index in [1.165, 1.54) is 70.9 Å². The molecule has 0 aliphatic heterocycles. The summed E-state index contributed by atoms with van der Waals surface area (Å²) in [6, 6.07) is 0. The molecule has 0 saturated heterocycles. The zero-order valence-electron chi connectivity index (χ0n) is 13.4.